The van der Waals surface area contributed by atoms with Crippen molar-refractivity contribution >= 4 is 23.5 Å². The van der Waals surface area contributed by atoms with Gasteiger partial charge in [0.25, 0.3) is 0 Å². The summed E-state index contributed by atoms with van der Waals surface area (Å²) < 4.78 is 0. The van der Waals surface area contributed by atoms with E-state index >= 15 is 0 Å². The highest BCUT2D eigenvalue weighted by molar-refractivity contribution is 7.99. The minimum absolute atomic E-state index is 0.0534. The summed E-state index contributed by atoms with van der Waals surface area (Å²) in [7, 11) is 1.60. The van der Waals surface area contributed by atoms with Crippen LogP contribution in [0.25, 0.3) is 0 Å². The highest BCUT2D eigenvalue weighted by Gasteiger charge is 2.18. The van der Waals surface area contributed by atoms with Crippen LogP contribution in [0.15, 0.2) is 0 Å². The quantitative estimate of drug-likeness (QED) is 0.705. The number of thioether (sulfide) groups is 1. The van der Waals surface area contributed by atoms with E-state index in [1.54, 1.807) is 7.05 Å². The highest BCUT2D eigenvalue weighted by Crippen LogP contribution is 2.13. The molecule has 0 saturated carbocycles. The van der Waals surface area contributed by atoms with E-state index in [4.69, 9.17) is 0 Å². The molecule has 0 rings (SSSR count). The van der Waals surface area contributed by atoms with Crippen molar-refractivity contribution < 1.29 is 9.59 Å². The lowest BCUT2D eigenvalue weighted by Crippen LogP contribution is -2.31. The summed E-state index contributed by atoms with van der Waals surface area (Å²) in [5.41, 5.74) is 0. The predicted molar refractivity (Wildman–Crippen MR) is 60.5 cm³/mol. The number of carbonyl (C=O) groups excluding carboxylic acids is 2. The Morgan fingerprint density at radius 3 is 2.50 bits per heavy atom. The zero-order chi connectivity index (χ0) is 11.0. The maximum absolute atomic E-state index is 11.4. The number of nitrogens with one attached hydrogen (secondary N) is 1. The number of Topliss-reactive ketones (excluding diaryl/α,β-unsaturated/α-hetero) is 1. The Morgan fingerprint density at radius 2 is 2.07 bits per heavy atom. The van der Waals surface area contributed by atoms with Gasteiger partial charge in [-0.15, -0.1) is 0 Å². The summed E-state index contributed by atoms with van der Waals surface area (Å²) in [5, 5.41) is 2.35. The van der Waals surface area contributed by atoms with E-state index in [1.807, 2.05) is 6.26 Å². The largest absolute Gasteiger partial charge is 0.358 e. The maximum Gasteiger partial charge on any atom is 0.233 e. The Hall–Kier alpha value is -0.510. The molecule has 0 aliphatic heterocycles. The summed E-state index contributed by atoms with van der Waals surface area (Å²) >= 11 is 1.43. The molecule has 0 aliphatic carbocycles. The third-order valence-electron chi connectivity index (χ3n) is 2.05. The number of amides is 1. The Morgan fingerprint density at radius 1 is 1.43 bits per heavy atom. The molecule has 0 saturated heterocycles. The van der Waals surface area contributed by atoms with Gasteiger partial charge in [-0.3, -0.25) is 9.59 Å². The van der Waals surface area contributed by atoms with Crippen molar-refractivity contribution in [3.8, 4) is 0 Å². The highest BCUT2D eigenvalue weighted by atomic mass is 32.2. The zero-order valence-corrected chi connectivity index (χ0v) is 9.95. The summed E-state index contributed by atoms with van der Waals surface area (Å²) in [6.45, 7) is 2.05. The molecule has 0 aliphatic rings. The summed E-state index contributed by atoms with van der Waals surface area (Å²) in [6.07, 6.45) is 4.77. The predicted octanol–water partition coefficient (Wildman–Crippen LogP) is 1.61. The minimum Gasteiger partial charge on any atom is -0.358 e. The molecule has 0 spiro atoms. The van der Waals surface area contributed by atoms with Crippen LogP contribution in [0.4, 0.5) is 0 Å². The third-order valence-corrected chi connectivity index (χ3v) is 3.00. The second-order valence-electron chi connectivity index (χ2n) is 3.18. The fourth-order valence-corrected chi connectivity index (χ4v) is 1.81. The van der Waals surface area contributed by atoms with Gasteiger partial charge in [-0.1, -0.05) is 13.3 Å². The van der Waals surface area contributed by atoms with Gasteiger partial charge in [0.2, 0.25) is 5.91 Å². The molecule has 1 amide bonds. The monoisotopic (exact) mass is 217 g/mol. The lowest BCUT2D eigenvalue weighted by molar-refractivity contribution is -0.124. The second-order valence-corrected chi connectivity index (χ2v) is 4.23. The van der Waals surface area contributed by atoms with Gasteiger partial charge in [0.15, 0.2) is 0 Å². The number of ketones is 1. The lowest BCUT2D eigenvalue weighted by Gasteiger charge is -2.11. The molecular weight excluding hydrogens is 198 g/mol. The van der Waals surface area contributed by atoms with Crippen LogP contribution in [0.1, 0.15) is 32.6 Å². The van der Waals surface area contributed by atoms with E-state index in [0.29, 0.717) is 12.8 Å². The molecule has 0 fully saturated rings. The first kappa shape index (κ1) is 13.5. The van der Waals surface area contributed by atoms with Crippen molar-refractivity contribution in [3.63, 3.8) is 0 Å². The SMILES string of the molecule is CCCCC(=O)CC(SC)C(=O)NC. The molecule has 0 heterocycles. The maximum atomic E-state index is 11.4. The number of hydrogen-bond donors (Lipinski definition) is 1. The van der Waals surface area contributed by atoms with Crippen LogP contribution in [0, 0.1) is 0 Å². The van der Waals surface area contributed by atoms with Crippen molar-refractivity contribution in [2.24, 2.45) is 0 Å². The van der Waals surface area contributed by atoms with E-state index in [2.05, 4.69) is 12.2 Å². The first-order valence-corrected chi connectivity index (χ1v) is 6.20. The normalized spacial score (nSPS) is 12.2. The van der Waals surface area contributed by atoms with E-state index in [-0.39, 0.29) is 16.9 Å². The Balaban J connectivity index is 3.92. The number of rotatable bonds is 7. The van der Waals surface area contributed by atoms with Gasteiger partial charge in [0.05, 0.1) is 5.25 Å². The van der Waals surface area contributed by atoms with E-state index in [1.165, 1.54) is 11.8 Å². The molecule has 0 radical (unpaired) electrons. The van der Waals surface area contributed by atoms with Gasteiger partial charge in [0, 0.05) is 19.9 Å². The number of hydrogen-bond acceptors (Lipinski definition) is 3. The molecule has 0 aromatic carbocycles. The summed E-state index contributed by atoms with van der Waals surface area (Å²) in [5.74, 6) is 0.136. The topological polar surface area (TPSA) is 46.2 Å². The fourth-order valence-electron chi connectivity index (χ4n) is 1.13. The van der Waals surface area contributed by atoms with Crippen molar-refractivity contribution in [2.75, 3.05) is 13.3 Å². The molecule has 82 valence electrons. The molecule has 0 bridgehead atoms. The van der Waals surface area contributed by atoms with E-state index in [0.717, 1.165) is 12.8 Å². The lowest BCUT2D eigenvalue weighted by atomic mass is 10.1. The smallest absolute Gasteiger partial charge is 0.233 e. The molecule has 0 aromatic heterocycles. The van der Waals surface area contributed by atoms with Crippen LogP contribution >= 0.6 is 11.8 Å². The third kappa shape index (κ3) is 5.27. The van der Waals surface area contributed by atoms with Gasteiger partial charge < -0.3 is 5.32 Å². The molecule has 4 heteroatoms. The summed E-state index contributed by atoms with van der Waals surface area (Å²) in [4.78, 5) is 22.7. The van der Waals surface area contributed by atoms with E-state index in [9.17, 15) is 9.59 Å². The Labute approximate surface area is 90.0 Å². The fraction of sp³-hybridized carbons (Fsp3) is 0.800. The first-order valence-electron chi connectivity index (χ1n) is 4.91. The van der Waals surface area contributed by atoms with Crippen molar-refractivity contribution in [1.82, 2.24) is 5.32 Å². The molecule has 1 N–H and O–H groups in total. The molecule has 3 nitrogen and oxygen atoms in total. The number of unbranched alkanes of at least 4 members (excludes halogenated alkanes) is 1. The van der Waals surface area contributed by atoms with Crippen molar-refractivity contribution in [2.45, 2.75) is 37.9 Å². The minimum atomic E-state index is -0.218. The van der Waals surface area contributed by atoms with E-state index < -0.39 is 0 Å². The van der Waals surface area contributed by atoms with Gasteiger partial charge in [-0.25, -0.2) is 0 Å². The number of carbonyl (C=O) groups is 2. The van der Waals surface area contributed by atoms with Crippen LogP contribution in [0.5, 0.6) is 0 Å². The van der Waals surface area contributed by atoms with Crippen LogP contribution in [0.3, 0.4) is 0 Å². The van der Waals surface area contributed by atoms with Gasteiger partial charge in [-0.05, 0) is 12.7 Å². The molecular formula is C10H19NO2S. The van der Waals surface area contributed by atoms with Crippen molar-refractivity contribution in [3.05, 3.63) is 0 Å². The first-order chi connectivity index (χ1) is 6.65. The molecule has 1 unspecified atom stereocenters. The molecule has 14 heavy (non-hydrogen) atoms. The van der Waals surface area contributed by atoms with Crippen LogP contribution in [-0.4, -0.2) is 30.2 Å². The van der Waals surface area contributed by atoms with Crippen LogP contribution in [0.2, 0.25) is 0 Å². The van der Waals surface area contributed by atoms with Gasteiger partial charge in [-0.2, -0.15) is 11.8 Å². The zero-order valence-electron chi connectivity index (χ0n) is 9.13. The average Bonchev–Trinajstić information content (AvgIpc) is 2.21. The van der Waals surface area contributed by atoms with Gasteiger partial charge in [0.1, 0.15) is 5.78 Å². The summed E-state index contributed by atoms with van der Waals surface area (Å²) in [6, 6.07) is 0. The van der Waals surface area contributed by atoms with Crippen molar-refractivity contribution in [1.29, 1.82) is 0 Å². The van der Waals surface area contributed by atoms with Gasteiger partial charge >= 0.3 is 0 Å². The average molecular weight is 217 g/mol. The van der Waals surface area contributed by atoms with Crippen LogP contribution in [-0.2, 0) is 9.59 Å². The molecule has 0 aromatic rings. The Kier molecular flexibility index (Phi) is 7.57. The standard InChI is InChI=1S/C10H19NO2S/c1-4-5-6-8(12)7-9(14-3)10(13)11-2/h9H,4-7H2,1-3H3,(H,11,13). The second kappa shape index (κ2) is 7.85. The molecule has 1 atom stereocenters. The Bertz CT molecular complexity index is 195. The van der Waals surface area contributed by atoms with Crippen LogP contribution < -0.4 is 5.32 Å².